The molecular weight excluding hydrogens is 394 g/mol. The number of thiophene rings is 1. The van der Waals surface area contributed by atoms with Crippen LogP contribution in [0.3, 0.4) is 0 Å². The zero-order chi connectivity index (χ0) is 20.9. The maximum Gasteiger partial charge on any atom is 0.262 e. The molecule has 0 saturated heterocycles. The van der Waals surface area contributed by atoms with Gasteiger partial charge in [0.05, 0.1) is 18.6 Å². The van der Waals surface area contributed by atoms with E-state index in [4.69, 9.17) is 15.0 Å². The molecule has 4 aromatic rings. The number of hydrogen-bond donors (Lipinski definition) is 0. The van der Waals surface area contributed by atoms with Crippen LogP contribution in [0.2, 0.25) is 0 Å². The van der Waals surface area contributed by atoms with Gasteiger partial charge in [-0.2, -0.15) is 5.26 Å². The number of unbranched alkanes of at least 4 members (excludes halogenated alkanes) is 1. The zero-order valence-corrected chi connectivity index (χ0v) is 17.5. The predicted octanol–water partition coefficient (Wildman–Crippen LogP) is 5.03. The highest BCUT2D eigenvalue weighted by atomic mass is 32.1. The summed E-state index contributed by atoms with van der Waals surface area (Å²) < 4.78 is 6.96. The second-order valence-electron chi connectivity index (χ2n) is 6.97. The quantitative estimate of drug-likeness (QED) is 0.397. The minimum Gasteiger partial charge on any atom is -0.497 e. The first kappa shape index (κ1) is 19.9. The molecule has 5 nitrogen and oxygen atoms in total. The largest absolute Gasteiger partial charge is 0.497 e. The third kappa shape index (κ3) is 4.12. The molecule has 0 N–H and O–H groups in total. The summed E-state index contributed by atoms with van der Waals surface area (Å²) in [7, 11) is 1.64. The van der Waals surface area contributed by atoms with Crippen molar-refractivity contribution < 1.29 is 4.74 Å². The SMILES string of the molecule is COc1ccc(Cc2nc3sc(-c4ccccc4)cc3c(=O)n2CCCC#N)cc1. The minimum atomic E-state index is -0.0418. The Morgan fingerprint density at radius 3 is 2.60 bits per heavy atom. The highest BCUT2D eigenvalue weighted by Gasteiger charge is 2.15. The molecule has 0 fully saturated rings. The van der Waals surface area contributed by atoms with Crippen LogP contribution in [-0.4, -0.2) is 16.7 Å². The summed E-state index contributed by atoms with van der Waals surface area (Å²) in [6.07, 6.45) is 1.57. The summed E-state index contributed by atoms with van der Waals surface area (Å²) in [4.78, 5) is 19.9. The van der Waals surface area contributed by atoms with E-state index in [9.17, 15) is 4.79 Å². The van der Waals surface area contributed by atoms with Crippen LogP contribution in [0, 0.1) is 11.3 Å². The van der Waals surface area contributed by atoms with E-state index in [0.29, 0.717) is 31.2 Å². The molecule has 0 unspecified atom stereocenters. The van der Waals surface area contributed by atoms with Gasteiger partial charge in [0.1, 0.15) is 16.4 Å². The molecule has 30 heavy (non-hydrogen) atoms. The first-order valence-electron chi connectivity index (χ1n) is 9.78. The number of ether oxygens (including phenoxy) is 1. The Balaban J connectivity index is 1.78. The fraction of sp³-hybridized carbons (Fsp3) is 0.208. The number of benzene rings is 2. The lowest BCUT2D eigenvalue weighted by atomic mass is 10.1. The van der Waals surface area contributed by atoms with E-state index in [1.165, 1.54) is 11.3 Å². The van der Waals surface area contributed by atoms with Crippen LogP contribution in [0.15, 0.2) is 65.5 Å². The Hall–Kier alpha value is -3.43. The van der Waals surface area contributed by atoms with Gasteiger partial charge in [0.25, 0.3) is 5.56 Å². The average Bonchev–Trinajstić information content (AvgIpc) is 3.21. The fourth-order valence-corrected chi connectivity index (χ4v) is 4.46. The van der Waals surface area contributed by atoms with E-state index >= 15 is 0 Å². The number of aromatic nitrogens is 2. The molecule has 150 valence electrons. The van der Waals surface area contributed by atoms with Gasteiger partial charge in [-0.15, -0.1) is 11.3 Å². The zero-order valence-electron chi connectivity index (χ0n) is 16.7. The molecule has 0 spiro atoms. The van der Waals surface area contributed by atoms with Gasteiger partial charge in [-0.25, -0.2) is 4.98 Å². The van der Waals surface area contributed by atoms with Gasteiger partial charge in [0, 0.05) is 24.3 Å². The molecule has 0 radical (unpaired) electrons. The van der Waals surface area contributed by atoms with E-state index in [2.05, 4.69) is 6.07 Å². The van der Waals surface area contributed by atoms with Crippen LogP contribution in [-0.2, 0) is 13.0 Å². The summed E-state index contributed by atoms with van der Waals surface area (Å²) in [6, 6.07) is 21.9. The Kier molecular flexibility index (Phi) is 5.92. The van der Waals surface area contributed by atoms with Gasteiger partial charge >= 0.3 is 0 Å². The smallest absolute Gasteiger partial charge is 0.262 e. The number of hydrogen-bond acceptors (Lipinski definition) is 5. The Morgan fingerprint density at radius 1 is 1.13 bits per heavy atom. The maximum atomic E-state index is 13.3. The van der Waals surface area contributed by atoms with Crippen molar-refractivity contribution >= 4 is 21.6 Å². The van der Waals surface area contributed by atoms with E-state index in [1.807, 2.05) is 60.7 Å². The molecule has 2 heterocycles. The molecule has 0 saturated carbocycles. The summed E-state index contributed by atoms with van der Waals surface area (Å²) in [5.74, 6) is 1.51. The maximum absolute atomic E-state index is 13.3. The Labute approximate surface area is 178 Å². The average molecular weight is 416 g/mol. The summed E-state index contributed by atoms with van der Waals surface area (Å²) in [6.45, 7) is 0.483. The molecule has 6 heteroatoms. The Bertz CT molecular complexity index is 1250. The van der Waals surface area contributed by atoms with Crippen molar-refractivity contribution in [1.82, 2.24) is 9.55 Å². The number of methoxy groups -OCH3 is 1. The van der Waals surface area contributed by atoms with Crippen molar-refractivity contribution in [2.24, 2.45) is 0 Å². The van der Waals surface area contributed by atoms with Gasteiger partial charge in [-0.1, -0.05) is 42.5 Å². The van der Waals surface area contributed by atoms with Crippen LogP contribution in [0.4, 0.5) is 0 Å². The van der Waals surface area contributed by atoms with Gasteiger partial charge in [0.15, 0.2) is 0 Å². The lowest BCUT2D eigenvalue weighted by molar-refractivity contribution is 0.414. The normalized spacial score (nSPS) is 10.8. The fourth-order valence-electron chi connectivity index (χ4n) is 3.41. The van der Waals surface area contributed by atoms with E-state index in [0.717, 1.165) is 32.4 Å². The molecule has 4 rings (SSSR count). The monoisotopic (exact) mass is 415 g/mol. The minimum absolute atomic E-state index is 0.0418. The summed E-state index contributed by atoms with van der Waals surface area (Å²) in [5.41, 5.74) is 2.09. The molecule has 2 aromatic carbocycles. The van der Waals surface area contributed by atoms with Crippen LogP contribution in [0.1, 0.15) is 24.2 Å². The second kappa shape index (κ2) is 8.93. The predicted molar refractivity (Wildman–Crippen MR) is 120 cm³/mol. The van der Waals surface area contributed by atoms with Crippen molar-refractivity contribution in [3.05, 3.63) is 82.4 Å². The molecule has 0 atom stereocenters. The molecule has 0 amide bonds. The van der Waals surface area contributed by atoms with Gasteiger partial charge in [-0.05, 0) is 35.7 Å². The topological polar surface area (TPSA) is 67.9 Å². The third-order valence-corrected chi connectivity index (χ3v) is 6.06. The first-order valence-corrected chi connectivity index (χ1v) is 10.6. The van der Waals surface area contributed by atoms with Gasteiger partial charge in [0.2, 0.25) is 0 Å². The first-order chi connectivity index (χ1) is 14.7. The Morgan fingerprint density at radius 2 is 1.90 bits per heavy atom. The van der Waals surface area contributed by atoms with Crippen LogP contribution in [0.25, 0.3) is 20.7 Å². The number of nitriles is 1. The summed E-state index contributed by atoms with van der Waals surface area (Å²) >= 11 is 1.54. The highest BCUT2D eigenvalue weighted by molar-refractivity contribution is 7.21. The standard InChI is InChI=1S/C24H21N3O2S/c1-29-19-11-9-17(10-12-19)15-22-26-23-20(24(28)27(22)14-6-5-13-25)16-21(30-23)18-7-3-2-4-8-18/h2-4,7-12,16H,5-6,14-15H2,1H3. The molecular formula is C24H21N3O2S. The third-order valence-electron chi connectivity index (χ3n) is 4.98. The molecule has 2 aromatic heterocycles. The number of nitrogens with zero attached hydrogens (tertiary/aromatic N) is 3. The molecule has 0 aliphatic carbocycles. The highest BCUT2D eigenvalue weighted by Crippen LogP contribution is 2.31. The van der Waals surface area contributed by atoms with Gasteiger partial charge in [-0.3, -0.25) is 9.36 Å². The van der Waals surface area contributed by atoms with Crippen molar-refractivity contribution in [3.8, 4) is 22.3 Å². The molecule has 0 aliphatic rings. The van der Waals surface area contributed by atoms with Crippen LogP contribution < -0.4 is 10.3 Å². The van der Waals surface area contributed by atoms with Crippen molar-refractivity contribution in [1.29, 1.82) is 5.26 Å². The van der Waals surface area contributed by atoms with Crippen molar-refractivity contribution in [3.63, 3.8) is 0 Å². The number of fused-ring (bicyclic) bond motifs is 1. The van der Waals surface area contributed by atoms with Crippen LogP contribution in [0.5, 0.6) is 5.75 Å². The lowest BCUT2D eigenvalue weighted by Crippen LogP contribution is -2.25. The molecule has 0 aliphatic heterocycles. The summed E-state index contributed by atoms with van der Waals surface area (Å²) in [5, 5.41) is 9.54. The van der Waals surface area contributed by atoms with Crippen molar-refractivity contribution in [2.75, 3.05) is 7.11 Å². The molecule has 0 bridgehead atoms. The number of rotatable bonds is 7. The van der Waals surface area contributed by atoms with Crippen LogP contribution >= 0.6 is 11.3 Å². The lowest BCUT2D eigenvalue weighted by Gasteiger charge is -2.12. The van der Waals surface area contributed by atoms with Crippen molar-refractivity contribution in [2.45, 2.75) is 25.8 Å². The van der Waals surface area contributed by atoms with E-state index in [1.54, 1.807) is 11.7 Å². The second-order valence-corrected chi connectivity index (χ2v) is 8.00. The van der Waals surface area contributed by atoms with E-state index in [-0.39, 0.29) is 5.56 Å². The van der Waals surface area contributed by atoms with E-state index < -0.39 is 0 Å². The van der Waals surface area contributed by atoms with Gasteiger partial charge < -0.3 is 4.74 Å².